The molecule has 3 nitrogen and oxygen atoms in total. The number of aliphatic hydroxyl groups excluding tert-OH is 1. The van der Waals surface area contributed by atoms with Gasteiger partial charge in [0.15, 0.2) is 0 Å². The van der Waals surface area contributed by atoms with Gasteiger partial charge >= 0.3 is 0 Å². The number of anilines is 1. The first-order valence-corrected chi connectivity index (χ1v) is 4.68. The molecule has 0 aromatic heterocycles. The molecule has 0 saturated carbocycles. The molecule has 0 spiro atoms. The Bertz CT molecular complexity index is 284. The number of rotatable bonds is 4. The SMILES string of the molecule is C[C@H](O)COc1cccc(N(C)C)c1. The van der Waals surface area contributed by atoms with Crippen LogP contribution in [0.4, 0.5) is 5.69 Å². The van der Waals surface area contributed by atoms with Gasteiger partial charge in [0.25, 0.3) is 0 Å². The van der Waals surface area contributed by atoms with Crippen LogP contribution in [0.5, 0.6) is 5.75 Å². The molecule has 3 heteroatoms. The number of benzene rings is 1. The molecule has 0 fully saturated rings. The van der Waals surface area contributed by atoms with Crippen molar-refractivity contribution >= 4 is 5.69 Å². The standard InChI is InChI=1S/C11H17NO2/c1-9(13)8-14-11-6-4-5-10(7-11)12(2)3/h4-7,9,13H,8H2,1-3H3/t9-/m0/s1. The van der Waals surface area contributed by atoms with Gasteiger partial charge in [-0.25, -0.2) is 0 Å². The number of hydrogen-bond acceptors (Lipinski definition) is 3. The fourth-order valence-corrected chi connectivity index (χ4v) is 1.07. The molecule has 0 saturated heterocycles. The maximum absolute atomic E-state index is 9.06. The van der Waals surface area contributed by atoms with Crippen molar-refractivity contribution in [2.75, 3.05) is 25.6 Å². The predicted molar refractivity (Wildman–Crippen MR) is 57.9 cm³/mol. The molecule has 0 radical (unpaired) electrons. The molecule has 1 atom stereocenters. The van der Waals surface area contributed by atoms with Crippen LogP contribution >= 0.6 is 0 Å². The Kier molecular flexibility index (Phi) is 3.77. The minimum atomic E-state index is -0.432. The van der Waals surface area contributed by atoms with E-state index in [1.165, 1.54) is 0 Å². The first-order chi connectivity index (χ1) is 6.59. The smallest absolute Gasteiger partial charge is 0.121 e. The highest BCUT2D eigenvalue weighted by atomic mass is 16.5. The third-order valence-electron chi connectivity index (χ3n) is 1.83. The summed E-state index contributed by atoms with van der Waals surface area (Å²) in [7, 11) is 3.96. The molecular weight excluding hydrogens is 178 g/mol. The van der Waals surface area contributed by atoms with Crippen LogP contribution in [-0.2, 0) is 0 Å². The van der Waals surface area contributed by atoms with Crippen molar-refractivity contribution in [1.82, 2.24) is 0 Å². The topological polar surface area (TPSA) is 32.7 Å². The lowest BCUT2D eigenvalue weighted by Crippen LogP contribution is -2.13. The summed E-state index contributed by atoms with van der Waals surface area (Å²) in [5, 5.41) is 9.06. The van der Waals surface area contributed by atoms with Gasteiger partial charge in [-0.2, -0.15) is 0 Å². The van der Waals surface area contributed by atoms with Gasteiger partial charge in [-0.15, -0.1) is 0 Å². The summed E-state index contributed by atoms with van der Waals surface area (Å²) in [6, 6.07) is 7.78. The molecule has 1 rings (SSSR count). The van der Waals surface area contributed by atoms with Gasteiger partial charge in [0, 0.05) is 25.8 Å². The molecular formula is C11H17NO2. The molecule has 0 bridgehead atoms. The van der Waals surface area contributed by atoms with Gasteiger partial charge in [-0.3, -0.25) is 0 Å². The quantitative estimate of drug-likeness (QED) is 0.790. The fourth-order valence-electron chi connectivity index (χ4n) is 1.07. The van der Waals surface area contributed by atoms with E-state index >= 15 is 0 Å². The van der Waals surface area contributed by atoms with E-state index in [1.807, 2.05) is 43.3 Å². The van der Waals surface area contributed by atoms with Crippen molar-refractivity contribution in [3.63, 3.8) is 0 Å². The van der Waals surface area contributed by atoms with Crippen LogP contribution in [-0.4, -0.2) is 31.9 Å². The molecule has 1 N–H and O–H groups in total. The van der Waals surface area contributed by atoms with E-state index < -0.39 is 6.10 Å². The van der Waals surface area contributed by atoms with Crippen LogP contribution < -0.4 is 9.64 Å². The van der Waals surface area contributed by atoms with Crippen molar-refractivity contribution in [2.45, 2.75) is 13.0 Å². The second-order valence-corrected chi connectivity index (χ2v) is 3.55. The van der Waals surface area contributed by atoms with Crippen LogP contribution in [0.25, 0.3) is 0 Å². The number of aliphatic hydroxyl groups is 1. The van der Waals surface area contributed by atoms with E-state index in [9.17, 15) is 0 Å². The molecule has 0 unspecified atom stereocenters. The molecule has 0 heterocycles. The summed E-state index contributed by atoms with van der Waals surface area (Å²) in [5.74, 6) is 0.789. The average molecular weight is 195 g/mol. The molecule has 1 aromatic rings. The predicted octanol–water partition coefficient (Wildman–Crippen LogP) is 1.51. The molecule has 14 heavy (non-hydrogen) atoms. The van der Waals surface area contributed by atoms with E-state index in [2.05, 4.69) is 0 Å². The minimum Gasteiger partial charge on any atom is -0.491 e. The van der Waals surface area contributed by atoms with Gasteiger partial charge < -0.3 is 14.7 Å². The molecule has 1 aromatic carbocycles. The van der Waals surface area contributed by atoms with Gasteiger partial charge in [0.1, 0.15) is 12.4 Å². The van der Waals surface area contributed by atoms with Crippen molar-refractivity contribution in [2.24, 2.45) is 0 Å². The first-order valence-electron chi connectivity index (χ1n) is 4.68. The third kappa shape index (κ3) is 3.26. The molecule has 0 aliphatic carbocycles. The number of hydrogen-bond donors (Lipinski definition) is 1. The molecule has 0 aliphatic rings. The Morgan fingerprint density at radius 3 is 2.71 bits per heavy atom. The lowest BCUT2D eigenvalue weighted by molar-refractivity contribution is 0.123. The highest BCUT2D eigenvalue weighted by molar-refractivity contribution is 5.49. The summed E-state index contributed by atoms with van der Waals surface area (Å²) in [6.07, 6.45) is -0.432. The third-order valence-corrected chi connectivity index (χ3v) is 1.83. The fraction of sp³-hybridized carbons (Fsp3) is 0.455. The maximum Gasteiger partial charge on any atom is 0.121 e. The average Bonchev–Trinajstić information content (AvgIpc) is 2.15. The van der Waals surface area contributed by atoms with E-state index in [0.717, 1.165) is 11.4 Å². The largest absolute Gasteiger partial charge is 0.491 e. The first kappa shape index (κ1) is 10.9. The zero-order valence-corrected chi connectivity index (χ0v) is 8.90. The summed E-state index contributed by atoms with van der Waals surface area (Å²) >= 11 is 0. The Hall–Kier alpha value is -1.22. The van der Waals surface area contributed by atoms with Crippen molar-refractivity contribution in [1.29, 1.82) is 0 Å². The van der Waals surface area contributed by atoms with Crippen molar-refractivity contribution in [3.8, 4) is 5.75 Å². The van der Waals surface area contributed by atoms with Crippen LogP contribution in [0.1, 0.15) is 6.92 Å². The van der Waals surface area contributed by atoms with Crippen LogP contribution in [0, 0.1) is 0 Å². The zero-order chi connectivity index (χ0) is 10.6. The van der Waals surface area contributed by atoms with E-state index in [1.54, 1.807) is 6.92 Å². The zero-order valence-electron chi connectivity index (χ0n) is 8.90. The lowest BCUT2D eigenvalue weighted by Gasteiger charge is -2.14. The lowest BCUT2D eigenvalue weighted by atomic mass is 10.3. The van der Waals surface area contributed by atoms with E-state index in [4.69, 9.17) is 9.84 Å². The van der Waals surface area contributed by atoms with Gasteiger partial charge in [-0.1, -0.05) is 6.07 Å². The van der Waals surface area contributed by atoms with Crippen LogP contribution in [0.3, 0.4) is 0 Å². The van der Waals surface area contributed by atoms with Gasteiger partial charge in [0.2, 0.25) is 0 Å². The van der Waals surface area contributed by atoms with Gasteiger partial charge in [0.05, 0.1) is 6.10 Å². The maximum atomic E-state index is 9.06. The summed E-state index contributed by atoms with van der Waals surface area (Å²) in [5.41, 5.74) is 1.09. The van der Waals surface area contributed by atoms with E-state index in [-0.39, 0.29) is 0 Å². The molecule has 0 amide bonds. The molecule has 0 aliphatic heterocycles. The highest BCUT2D eigenvalue weighted by Crippen LogP contribution is 2.19. The minimum absolute atomic E-state index is 0.330. The Balaban J connectivity index is 2.64. The summed E-state index contributed by atoms with van der Waals surface area (Å²) in [6.45, 7) is 2.03. The highest BCUT2D eigenvalue weighted by Gasteiger charge is 2.00. The van der Waals surface area contributed by atoms with E-state index in [0.29, 0.717) is 6.61 Å². The Labute approximate surface area is 84.9 Å². The Morgan fingerprint density at radius 2 is 2.14 bits per heavy atom. The summed E-state index contributed by atoms with van der Waals surface area (Å²) < 4.78 is 5.38. The van der Waals surface area contributed by atoms with Crippen LogP contribution in [0.15, 0.2) is 24.3 Å². The van der Waals surface area contributed by atoms with Crippen molar-refractivity contribution in [3.05, 3.63) is 24.3 Å². The normalized spacial score (nSPS) is 12.3. The van der Waals surface area contributed by atoms with Gasteiger partial charge in [-0.05, 0) is 19.1 Å². The Morgan fingerprint density at radius 1 is 1.43 bits per heavy atom. The summed E-state index contributed by atoms with van der Waals surface area (Å²) in [4.78, 5) is 2.01. The monoisotopic (exact) mass is 195 g/mol. The number of nitrogens with zero attached hydrogens (tertiary/aromatic N) is 1. The molecule has 78 valence electrons. The van der Waals surface area contributed by atoms with Crippen LogP contribution in [0.2, 0.25) is 0 Å². The second kappa shape index (κ2) is 4.86. The number of ether oxygens (including phenoxy) is 1. The van der Waals surface area contributed by atoms with Crippen molar-refractivity contribution < 1.29 is 9.84 Å². The second-order valence-electron chi connectivity index (χ2n) is 3.55.